The first-order chi connectivity index (χ1) is 12.2. The minimum Gasteiger partial charge on any atom is -0.296 e. The van der Waals surface area contributed by atoms with Crippen LogP contribution in [0, 0.1) is 0 Å². The van der Waals surface area contributed by atoms with Crippen molar-refractivity contribution >= 4 is 35.3 Å². The number of nitrogens with zero attached hydrogens (tertiary/aromatic N) is 3. The van der Waals surface area contributed by atoms with Crippen LogP contribution in [0.2, 0.25) is 10.0 Å². The molecule has 2 aromatic heterocycles. The van der Waals surface area contributed by atoms with Crippen LogP contribution in [0.4, 0.5) is 0 Å². The summed E-state index contributed by atoms with van der Waals surface area (Å²) in [5.74, 6) is 0.458. The molecule has 0 saturated carbocycles. The minimum atomic E-state index is 0.336. The van der Waals surface area contributed by atoms with Crippen molar-refractivity contribution in [1.29, 1.82) is 0 Å². The van der Waals surface area contributed by atoms with E-state index in [-0.39, 0.29) is 0 Å². The van der Waals surface area contributed by atoms with Crippen LogP contribution in [0.25, 0.3) is 28.3 Å². The molecule has 0 radical (unpaired) electrons. The second-order valence-electron chi connectivity index (χ2n) is 5.46. The van der Waals surface area contributed by atoms with Gasteiger partial charge in [-0.05, 0) is 30.3 Å². The number of hydrogen-bond acceptors (Lipinski definition) is 3. The Labute approximate surface area is 153 Å². The molecule has 6 heteroatoms. The zero-order chi connectivity index (χ0) is 17.4. The fourth-order valence-corrected chi connectivity index (χ4v) is 2.95. The standard InChI is InChI=1S/C19H11Cl2N3O/c20-14-5-1-12(2-6-14)17-18(13-3-7-15(21)8-4-13)24-10-9-16(11-25)22-19(24)23-17/h1-11H. The molecule has 0 aliphatic rings. The van der Waals surface area contributed by atoms with Gasteiger partial charge in [0.1, 0.15) is 5.69 Å². The van der Waals surface area contributed by atoms with Crippen molar-refractivity contribution in [1.82, 2.24) is 14.4 Å². The lowest BCUT2D eigenvalue weighted by molar-refractivity contribution is 0.111. The Balaban J connectivity index is 2.02. The predicted octanol–water partition coefficient (Wildman–Crippen LogP) is 5.18. The van der Waals surface area contributed by atoms with Crippen LogP contribution in [0.5, 0.6) is 0 Å². The highest BCUT2D eigenvalue weighted by Gasteiger charge is 2.17. The van der Waals surface area contributed by atoms with E-state index < -0.39 is 0 Å². The zero-order valence-electron chi connectivity index (χ0n) is 12.9. The summed E-state index contributed by atoms with van der Waals surface area (Å²) in [6.07, 6.45) is 2.50. The number of halogens is 2. The van der Waals surface area contributed by atoms with Crippen LogP contribution in [0.1, 0.15) is 10.5 Å². The molecule has 0 fully saturated rings. The van der Waals surface area contributed by atoms with Gasteiger partial charge in [-0.15, -0.1) is 0 Å². The SMILES string of the molecule is O=Cc1ccn2c(-c3ccc(Cl)cc3)c(-c3ccc(Cl)cc3)nc2n1. The highest BCUT2D eigenvalue weighted by molar-refractivity contribution is 6.31. The summed E-state index contributed by atoms with van der Waals surface area (Å²) in [6, 6.07) is 16.6. The Kier molecular flexibility index (Phi) is 3.99. The van der Waals surface area contributed by atoms with Crippen molar-refractivity contribution in [2.24, 2.45) is 0 Å². The Morgan fingerprint density at radius 2 is 1.40 bits per heavy atom. The lowest BCUT2D eigenvalue weighted by Crippen LogP contribution is -1.94. The highest BCUT2D eigenvalue weighted by atomic mass is 35.5. The summed E-state index contributed by atoms with van der Waals surface area (Å²) in [6.45, 7) is 0. The summed E-state index contributed by atoms with van der Waals surface area (Å²) in [5, 5.41) is 1.31. The molecule has 4 nitrogen and oxygen atoms in total. The Morgan fingerprint density at radius 3 is 2.00 bits per heavy atom. The van der Waals surface area contributed by atoms with Gasteiger partial charge in [0.25, 0.3) is 0 Å². The smallest absolute Gasteiger partial charge is 0.235 e. The number of aromatic nitrogens is 3. The van der Waals surface area contributed by atoms with Crippen molar-refractivity contribution in [3.8, 4) is 22.5 Å². The van der Waals surface area contributed by atoms with Crippen molar-refractivity contribution in [2.45, 2.75) is 0 Å². The molecular formula is C19H11Cl2N3O. The zero-order valence-corrected chi connectivity index (χ0v) is 14.4. The summed E-state index contributed by atoms with van der Waals surface area (Å²) in [7, 11) is 0. The quantitative estimate of drug-likeness (QED) is 0.468. The van der Waals surface area contributed by atoms with Gasteiger partial charge in [0.15, 0.2) is 6.29 Å². The molecule has 2 heterocycles. The highest BCUT2D eigenvalue weighted by Crippen LogP contribution is 2.33. The van der Waals surface area contributed by atoms with E-state index in [9.17, 15) is 4.79 Å². The van der Waals surface area contributed by atoms with Crippen LogP contribution < -0.4 is 0 Å². The number of hydrogen-bond donors (Lipinski definition) is 0. The molecule has 0 saturated heterocycles. The average Bonchev–Trinajstić information content (AvgIpc) is 3.01. The summed E-state index contributed by atoms with van der Waals surface area (Å²) in [5.41, 5.74) is 3.83. The lowest BCUT2D eigenvalue weighted by atomic mass is 10.0. The van der Waals surface area contributed by atoms with Gasteiger partial charge in [-0.1, -0.05) is 47.5 Å². The molecule has 25 heavy (non-hydrogen) atoms. The van der Waals surface area contributed by atoms with Crippen LogP contribution in [0.15, 0.2) is 60.8 Å². The van der Waals surface area contributed by atoms with Crippen LogP contribution in [-0.2, 0) is 0 Å². The lowest BCUT2D eigenvalue weighted by Gasteiger charge is -2.06. The van der Waals surface area contributed by atoms with Gasteiger partial charge in [0.2, 0.25) is 5.78 Å². The Morgan fingerprint density at radius 1 is 0.800 bits per heavy atom. The van der Waals surface area contributed by atoms with E-state index in [0.29, 0.717) is 27.8 Å². The predicted molar refractivity (Wildman–Crippen MR) is 99.3 cm³/mol. The third-order valence-electron chi connectivity index (χ3n) is 3.87. The van der Waals surface area contributed by atoms with Gasteiger partial charge < -0.3 is 0 Å². The molecule has 2 aromatic carbocycles. The van der Waals surface area contributed by atoms with Gasteiger partial charge in [-0.25, -0.2) is 9.97 Å². The number of aldehydes is 1. The molecule has 0 N–H and O–H groups in total. The van der Waals surface area contributed by atoms with E-state index in [4.69, 9.17) is 23.2 Å². The van der Waals surface area contributed by atoms with Crippen molar-refractivity contribution in [3.05, 3.63) is 76.5 Å². The van der Waals surface area contributed by atoms with E-state index >= 15 is 0 Å². The molecule has 0 bridgehead atoms. The Hall–Kier alpha value is -2.69. The number of carbonyl (C=O) groups excluding carboxylic acids is 1. The van der Waals surface area contributed by atoms with E-state index in [1.807, 2.05) is 52.9 Å². The number of imidazole rings is 1. The maximum Gasteiger partial charge on any atom is 0.235 e. The molecule has 4 aromatic rings. The van der Waals surface area contributed by atoms with Gasteiger partial charge in [-0.3, -0.25) is 9.20 Å². The summed E-state index contributed by atoms with van der Waals surface area (Å²) < 4.78 is 1.86. The number of fused-ring (bicyclic) bond motifs is 1. The van der Waals surface area contributed by atoms with Gasteiger partial charge in [0, 0.05) is 27.4 Å². The molecule has 0 aliphatic heterocycles. The molecule has 4 rings (SSSR count). The van der Waals surface area contributed by atoms with Crippen LogP contribution in [0.3, 0.4) is 0 Å². The van der Waals surface area contributed by atoms with Gasteiger partial charge in [-0.2, -0.15) is 0 Å². The van der Waals surface area contributed by atoms with Gasteiger partial charge >= 0.3 is 0 Å². The normalized spacial score (nSPS) is 11.0. The van der Waals surface area contributed by atoms with E-state index in [1.165, 1.54) is 0 Å². The van der Waals surface area contributed by atoms with Gasteiger partial charge in [0.05, 0.1) is 11.4 Å². The largest absolute Gasteiger partial charge is 0.296 e. The minimum absolute atomic E-state index is 0.336. The molecule has 0 amide bonds. The monoisotopic (exact) mass is 367 g/mol. The third kappa shape index (κ3) is 2.90. The molecule has 0 spiro atoms. The van der Waals surface area contributed by atoms with E-state index in [0.717, 1.165) is 22.5 Å². The fourth-order valence-electron chi connectivity index (χ4n) is 2.70. The average molecular weight is 368 g/mol. The van der Waals surface area contributed by atoms with Crippen LogP contribution in [-0.4, -0.2) is 20.7 Å². The molecular weight excluding hydrogens is 357 g/mol. The van der Waals surface area contributed by atoms with E-state index in [1.54, 1.807) is 12.3 Å². The number of benzene rings is 2. The molecule has 0 atom stereocenters. The maximum atomic E-state index is 11.0. The third-order valence-corrected chi connectivity index (χ3v) is 4.38. The fraction of sp³-hybridized carbons (Fsp3) is 0. The van der Waals surface area contributed by atoms with E-state index in [2.05, 4.69) is 9.97 Å². The summed E-state index contributed by atoms with van der Waals surface area (Å²) >= 11 is 12.0. The van der Waals surface area contributed by atoms with Crippen molar-refractivity contribution in [3.63, 3.8) is 0 Å². The van der Waals surface area contributed by atoms with Crippen molar-refractivity contribution < 1.29 is 4.79 Å². The number of rotatable bonds is 3. The van der Waals surface area contributed by atoms with Crippen LogP contribution >= 0.6 is 23.2 Å². The maximum absolute atomic E-state index is 11.0. The first-order valence-electron chi connectivity index (χ1n) is 7.52. The molecule has 0 aliphatic carbocycles. The Bertz CT molecular complexity index is 1070. The first-order valence-corrected chi connectivity index (χ1v) is 8.27. The second kappa shape index (κ2) is 6.31. The second-order valence-corrected chi connectivity index (χ2v) is 6.34. The molecule has 122 valence electrons. The topological polar surface area (TPSA) is 47.3 Å². The first kappa shape index (κ1) is 15.8. The van der Waals surface area contributed by atoms with Crippen molar-refractivity contribution in [2.75, 3.05) is 0 Å². The number of carbonyl (C=O) groups is 1. The summed E-state index contributed by atoms with van der Waals surface area (Å²) in [4.78, 5) is 20.0. The molecule has 0 unspecified atom stereocenters.